The van der Waals surface area contributed by atoms with E-state index in [0.717, 1.165) is 19.5 Å². The van der Waals surface area contributed by atoms with Gasteiger partial charge < -0.3 is 10.2 Å². The molecule has 0 saturated carbocycles. The number of nitrogens with one attached hydrogen (secondary N) is 1. The molecule has 1 unspecified atom stereocenters. The summed E-state index contributed by atoms with van der Waals surface area (Å²) in [7, 11) is 0. The lowest BCUT2D eigenvalue weighted by Crippen LogP contribution is -2.30. The number of carbonyl (C=O) groups is 1. The number of rotatable bonds is 3. The summed E-state index contributed by atoms with van der Waals surface area (Å²) in [6.45, 7) is 5.42. The van der Waals surface area contributed by atoms with Crippen LogP contribution < -0.4 is 5.32 Å². The number of amides is 1. The molecule has 1 amide bonds. The lowest BCUT2D eigenvalue weighted by molar-refractivity contribution is -0.138. The number of alkyl halides is 3. The van der Waals surface area contributed by atoms with Gasteiger partial charge in [-0.2, -0.15) is 13.2 Å². The SMILES string of the molecule is CC(C)N1Cc2c(cc(CC3CCNC3)cc2C(F)(F)F)C1=O. The van der Waals surface area contributed by atoms with E-state index in [-0.39, 0.29) is 29.6 Å². The van der Waals surface area contributed by atoms with E-state index in [9.17, 15) is 18.0 Å². The van der Waals surface area contributed by atoms with Crippen molar-refractivity contribution >= 4 is 5.91 Å². The van der Waals surface area contributed by atoms with E-state index in [4.69, 9.17) is 0 Å². The molecule has 0 bridgehead atoms. The monoisotopic (exact) mass is 326 g/mol. The maximum Gasteiger partial charge on any atom is 0.416 e. The number of nitrogens with zero attached hydrogens (tertiary/aromatic N) is 1. The van der Waals surface area contributed by atoms with Gasteiger partial charge in [0, 0.05) is 18.2 Å². The zero-order valence-electron chi connectivity index (χ0n) is 13.3. The third-order valence-electron chi connectivity index (χ3n) is 4.74. The molecule has 0 aromatic heterocycles. The topological polar surface area (TPSA) is 32.3 Å². The summed E-state index contributed by atoms with van der Waals surface area (Å²) in [5.41, 5.74) is 0.329. The first-order chi connectivity index (χ1) is 10.8. The van der Waals surface area contributed by atoms with Gasteiger partial charge >= 0.3 is 6.18 Å². The molecular weight excluding hydrogens is 305 g/mol. The molecule has 1 aromatic carbocycles. The molecule has 3 nitrogen and oxygen atoms in total. The van der Waals surface area contributed by atoms with Gasteiger partial charge in [0.1, 0.15) is 0 Å². The predicted octanol–water partition coefficient (Wildman–Crippen LogP) is 3.22. The van der Waals surface area contributed by atoms with Gasteiger partial charge in [0.15, 0.2) is 0 Å². The van der Waals surface area contributed by atoms with Crippen LogP contribution in [0.3, 0.4) is 0 Å². The summed E-state index contributed by atoms with van der Waals surface area (Å²) in [6, 6.07) is 2.81. The summed E-state index contributed by atoms with van der Waals surface area (Å²) in [5.74, 6) is 0.0544. The summed E-state index contributed by atoms with van der Waals surface area (Å²) in [5, 5.41) is 3.22. The van der Waals surface area contributed by atoms with E-state index in [1.807, 2.05) is 13.8 Å². The van der Waals surface area contributed by atoms with Crippen molar-refractivity contribution in [3.8, 4) is 0 Å². The standard InChI is InChI=1S/C17H21F3N2O/c1-10(2)22-9-14-13(16(22)23)6-12(5-11-3-4-21-8-11)7-15(14)17(18,19)20/h6-7,10-11,21H,3-5,8-9H2,1-2H3. The highest BCUT2D eigenvalue weighted by Gasteiger charge is 2.40. The minimum absolute atomic E-state index is 0.0476. The van der Waals surface area contributed by atoms with E-state index >= 15 is 0 Å². The molecule has 126 valence electrons. The number of hydrogen-bond acceptors (Lipinski definition) is 2. The molecule has 1 fully saturated rings. The average molecular weight is 326 g/mol. The highest BCUT2D eigenvalue weighted by molar-refractivity contribution is 5.99. The normalized spacial score (nSPS) is 21.4. The van der Waals surface area contributed by atoms with E-state index in [1.54, 1.807) is 6.07 Å². The Morgan fingerprint density at radius 1 is 1.35 bits per heavy atom. The Kier molecular flexibility index (Phi) is 4.12. The van der Waals surface area contributed by atoms with Crippen molar-refractivity contribution in [2.24, 2.45) is 5.92 Å². The molecule has 6 heteroatoms. The quantitative estimate of drug-likeness (QED) is 0.925. The van der Waals surface area contributed by atoms with Crippen molar-refractivity contribution in [1.82, 2.24) is 10.2 Å². The maximum atomic E-state index is 13.4. The Morgan fingerprint density at radius 2 is 2.09 bits per heavy atom. The third kappa shape index (κ3) is 3.09. The Bertz CT molecular complexity index is 619. The van der Waals surface area contributed by atoms with Crippen LogP contribution in [0.25, 0.3) is 0 Å². The maximum absolute atomic E-state index is 13.4. The van der Waals surface area contributed by atoms with Gasteiger partial charge in [-0.15, -0.1) is 0 Å². The Labute approximate surface area is 133 Å². The van der Waals surface area contributed by atoms with Crippen molar-refractivity contribution in [3.05, 3.63) is 34.4 Å². The lowest BCUT2D eigenvalue weighted by atomic mass is 9.93. The minimum Gasteiger partial charge on any atom is -0.332 e. The largest absolute Gasteiger partial charge is 0.416 e. The van der Waals surface area contributed by atoms with Crippen LogP contribution in [0.2, 0.25) is 0 Å². The smallest absolute Gasteiger partial charge is 0.332 e. The van der Waals surface area contributed by atoms with Crippen molar-refractivity contribution in [3.63, 3.8) is 0 Å². The molecule has 1 N–H and O–H groups in total. The van der Waals surface area contributed by atoms with Gasteiger partial charge in [-0.25, -0.2) is 0 Å². The average Bonchev–Trinajstić information content (AvgIpc) is 3.06. The molecule has 1 saturated heterocycles. The molecule has 3 rings (SSSR count). The molecule has 2 aliphatic heterocycles. The second kappa shape index (κ2) is 5.82. The second-order valence-electron chi connectivity index (χ2n) is 6.76. The van der Waals surface area contributed by atoms with Gasteiger partial charge in [0.05, 0.1) is 5.56 Å². The van der Waals surface area contributed by atoms with Crippen molar-refractivity contribution in [1.29, 1.82) is 0 Å². The van der Waals surface area contributed by atoms with Gasteiger partial charge in [-0.3, -0.25) is 4.79 Å². The van der Waals surface area contributed by atoms with Crippen molar-refractivity contribution < 1.29 is 18.0 Å². The van der Waals surface area contributed by atoms with E-state index in [0.29, 0.717) is 17.9 Å². The predicted molar refractivity (Wildman–Crippen MR) is 81.1 cm³/mol. The molecule has 0 radical (unpaired) electrons. The van der Waals surface area contributed by atoms with E-state index < -0.39 is 11.7 Å². The van der Waals surface area contributed by atoms with Crippen LogP contribution in [-0.4, -0.2) is 29.9 Å². The number of halogens is 3. The number of fused-ring (bicyclic) bond motifs is 1. The molecule has 0 spiro atoms. The number of carbonyl (C=O) groups excluding carboxylic acids is 1. The van der Waals surface area contributed by atoms with Crippen molar-refractivity contribution in [2.45, 2.75) is 45.5 Å². The van der Waals surface area contributed by atoms with E-state index in [2.05, 4.69) is 5.32 Å². The lowest BCUT2D eigenvalue weighted by Gasteiger charge is -2.20. The van der Waals surface area contributed by atoms with Crippen molar-refractivity contribution in [2.75, 3.05) is 13.1 Å². The fourth-order valence-corrected chi connectivity index (χ4v) is 3.50. The molecule has 2 aliphatic rings. The van der Waals surface area contributed by atoms with Gasteiger partial charge in [-0.05, 0) is 69.0 Å². The van der Waals surface area contributed by atoms with Crippen LogP contribution in [0.5, 0.6) is 0 Å². The van der Waals surface area contributed by atoms with Crippen LogP contribution >= 0.6 is 0 Å². The van der Waals surface area contributed by atoms with Crippen LogP contribution in [0.15, 0.2) is 12.1 Å². The highest BCUT2D eigenvalue weighted by atomic mass is 19.4. The zero-order chi connectivity index (χ0) is 16.8. The fourth-order valence-electron chi connectivity index (χ4n) is 3.50. The van der Waals surface area contributed by atoms with Crippen LogP contribution in [0.1, 0.15) is 47.3 Å². The Hall–Kier alpha value is -1.56. The highest BCUT2D eigenvalue weighted by Crippen LogP contribution is 2.39. The Balaban J connectivity index is 2.01. The van der Waals surface area contributed by atoms with Gasteiger partial charge in [0.25, 0.3) is 5.91 Å². The third-order valence-corrected chi connectivity index (χ3v) is 4.74. The van der Waals surface area contributed by atoms with Crippen LogP contribution in [-0.2, 0) is 19.1 Å². The van der Waals surface area contributed by atoms with E-state index in [1.165, 1.54) is 11.0 Å². The summed E-state index contributed by atoms with van der Waals surface area (Å²) in [6.07, 6.45) is -2.88. The van der Waals surface area contributed by atoms with Gasteiger partial charge in [0.2, 0.25) is 0 Å². The van der Waals surface area contributed by atoms with Crippen LogP contribution in [0.4, 0.5) is 13.2 Å². The number of hydrogen-bond donors (Lipinski definition) is 1. The molecule has 0 aliphatic carbocycles. The summed E-state index contributed by atoms with van der Waals surface area (Å²) in [4.78, 5) is 14.0. The summed E-state index contributed by atoms with van der Waals surface area (Å²) < 4.78 is 40.3. The Morgan fingerprint density at radius 3 is 2.65 bits per heavy atom. The molecule has 23 heavy (non-hydrogen) atoms. The number of benzene rings is 1. The molecule has 1 aromatic rings. The molecule has 2 heterocycles. The van der Waals surface area contributed by atoms with Crippen LogP contribution in [0, 0.1) is 5.92 Å². The first kappa shape index (κ1) is 16.3. The van der Waals surface area contributed by atoms with Gasteiger partial charge in [-0.1, -0.05) is 0 Å². The zero-order valence-corrected chi connectivity index (χ0v) is 13.3. The molecular formula is C17H21F3N2O. The second-order valence-corrected chi connectivity index (χ2v) is 6.76. The fraction of sp³-hybridized carbons (Fsp3) is 0.588. The first-order valence-electron chi connectivity index (χ1n) is 8.02. The summed E-state index contributed by atoms with van der Waals surface area (Å²) >= 11 is 0. The first-order valence-corrected chi connectivity index (χ1v) is 8.02. The minimum atomic E-state index is -4.43. The molecule has 1 atom stereocenters.